The van der Waals surface area contributed by atoms with Crippen molar-refractivity contribution in [2.45, 2.75) is 0 Å². The molecule has 1 heterocycles. The highest BCUT2D eigenvalue weighted by molar-refractivity contribution is 5.91. The molecule has 6 heteroatoms. The van der Waals surface area contributed by atoms with Gasteiger partial charge in [-0.3, -0.25) is 0 Å². The van der Waals surface area contributed by atoms with E-state index in [1.165, 1.54) is 36.4 Å². The van der Waals surface area contributed by atoms with Crippen LogP contribution in [-0.4, -0.2) is 11.1 Å². The Hall–Kier alpha value is -3.15. The zero-order valence-corrected chi connectivity index (χ0v) is 11.1. The molecule has 1 N–H and O–H groups in total. The van der Waals surface area contributed by atoms with E-state index >= 15 is 0 Å². The molecule has 0 aliphatic heterocycles. The molecule has 3 rings (SSSR count). The standard InChI is InChI=1S/C16H9FO5/c17-10-2-5-11(6-3-10)21-12-4-1-9-7-13(15(18)19)16(20)22-14(9)8-12/h1-8H,(H,18,19). The number of aromatic carboxylic acids is 1. The number of hydrogen-bond donors (Lipinski definition) is 1. The van der Waals surface area contributed by atoms with Crippen LogP contribution in [0.25, 0.3) is 11.0 Å². The molecule has 22 heavy (non-hydrogen) atoms. The third kappa shape index (κ3) is 2.67. The van der Waals surface area contributed by atoms with E-state index in [4.69, 9.17) is 14.3 Å². The lowest BCUT2D eigenvalue weighted by atomic mass is 10.2. The second-order valence-corrected chi connectivity index (χ2v) is 4.51. The molecule has 0 bridgehead atoms. The van der Waals surface area contributed by atoms with Gasteiger partial charge in [-0.15, -0.1) is 0 Å². The Kier molecular flexibility index (Phi) is 3.34. The summed E-state index contributed by atoms with van der Waals surface area (Å²) >= 11 is 0. The van der Waals surface area contributed by atoms with Crippen LogP contribution >= 0.6 is 0 Å². The van der Waals surface area contributed by atoms with Crippen molar-refractivity contribution in [2.24, 2.45) is 0 Å². The minimum Gasteiger partial charge on any atom is -0.477 e. The Morgan fingerprint density at radius 2 is 1.73 bits per heavy atom. The van der Waals surface area contributed by atoms with Crippen molar-refractivity contribution in [2.75, 3.05) is 0 Å². The van der Waals surface area contributed by atoms with E-state index in [-0.39, 0.29) is 11.4 Å². The molecule has 110 valence electrons. The predicted molar refractivity (Wildman–Crippen MR) is 75.9 cm³/mol. The maximum atomic E-state index is 12.8. The van der Waals surface area contributed by atoms with Crippen molar-refractivity contribution in [3.63, 3.8) is 0 Å². The maximum Gasteiger partial charge on any atom is 0.351 e. The van der Waals surface area contributed by atoms with Crippen molar-refractivity contribution in [1.29, 1.82) is 0 Å². The van der Waals surface area contributed by atoms with Crippen LogP contribution in [0, 0.1) is 5.82 Å². The van der Waals surface area contributed by atoms with Gasteiger partial charge in [-0.2, -0.15) is 0 Å². The highest BCUT2D eigenvalue weighted by Gasteiger charge is 2.12. The van der Waals surface area contributed by atoms with Crippen LogP contribution in [0.5, 0.6) is 11.5 Å². The first kappa shape index (κ1) is 13.8. The topological polar surface area (TPSA) is 76.7 Å². The molecule has 2 aromatic carbocycles. The molecule has 0 atom stereocenters. The first-order valence-corrected chi connectivity index (χ1v) is 6.27. The summed E-state index contributed by atoms with van der Waals surface area (Å²) in [4.78, 5) is 22.4. The second-order valence-electron chi connectivity index (χ2n) is 4.51. The second kappa shape index (κ2) is 5.33. The van der Waals surface area contributed by atoms with Crippen LogP contribution in [0.1, 0.15) is 10.4 Å². The molecule has 5 nitrogen and oxygen atoms in total. The highest BCUT2D eigenvalue weighted by atomic mass is 19.1. The number of carbonyl (C=O) groups is 1. The first-order chi connectivity index (χ1) is 10.5. The molecular weight excluding hydrogens is 291 g/mol. The normalized spacial score (nSPS) is 10.6. The molecule has 0 radical (unpaired) electrons. The quantitative estimate of drug-likeness (QED) is 0.750. The Labute approximate surface area is 123 Å². The average Bonchev–Trinajstić information content (AvgIpc) is 2.48. The zero-order chi connectivity index (χ0) is 15.7. The zero-order valence-electron chi connectivity index (χ0n) is 11.1. The van der Waals surface area contributed by atoms with Gasteiger partial charge in [-0.05, 0) is 42.5 Å². The number of benzene rings is 2. The molecule has 0 amide bonds. The van der Waals surface area contributed by atoms with Gasteiger partial charge in [0.25, 0.3) is 0 Å². The van der Waals surface area contributed by atoms with E-state index in [1.807, 2.05) is 0 Å². The van der Waals surface area contributed by atoms with Crippen LogP contribution in [0.15, 0.2) is 57.7 Å². The van der Waals surface area contributed by atoms with Crippen molar-refractivity contribution >= 4 is 16.9 Å². The molecule has 3 aromatic rings. The van der Waals surface area contributed by atoms with E-state index in [0.29, 0.717) is 16.9 Å². The summed E-state index contributed by atoms with van der Waals surface area (Å²) < 4.78 is 23.3. The molecule has 0 saturated carbocycles. The average molecular weight is 300 g/mol. The summed E-state index contributed by atoms with van der Waals surface area (Å²) in [5.41, 5.74) is -1.16. The summed E-state index contributed by atoms with van der Waals surface area (Å²) in [6.45, 7) is 0. The third-order valence-corrected chi connectivity index (χ3v) is 2.99. The van der Waals surface area contributed by atoms with Gasteiger partial charge >= 0.3 is 11.6 Å². The van der Waals surface area contributed by atoms with Crippen molar-refractivity contribution in [3.8, 4) is 11.5 Å². The molecule has 0 aliphatic carbocycles. The van der Waals surface area contributed by atoms with Gasteiger partial charge in [-0.1, -0.05) is 0 Å². The van der Waals surface area contributed by atoms with Crippen LogP contribution in [-0.2, 0) is 0 Å². The minimum atomic E-state index is -1.35. The third-order valence-electron chi connectivity index (χ3n) is 2.99. The summed E-state index contributed by atoms with van der Waals surface area (Å²) in [6, 6.07) is 11.3. The van der Waals surface area contributed by atoms with Gasteiger partial charge in [0.1, 0.15) is 28.5 Å². The molecule has 0 aliphatic rings. The van der Waals surface area contributed by atoms with Gasteiger partial charge in [-0.25, -0.2) is 14.0 Å². The molecule has 0 fully saturated rings. The van der Waals surface area contributed by atoms with Crippen molar-refractivity contribution < 1.29 is 23.4 Å². The SMILES string of the molecule is O=C(O)c1cc2ccc(Oc3ccc(F)cc3)cc2oc1=O. The summed E-state index contributed by atoms with van der Waals surface area (Å²) in [5.74, 6) is -0.920. The van der Waals surface area contributed by atoms with Gasteiger partial charge in [0.15, 0.2) is 0 Å². The Morgan fingerprint density at radius 1 is 1.05 bits per heavy atom. The number of hydrogen-bond acceptors (Lipinski definition) is 4. The smallest absolute Gasteiger partial charge is 0.351 e. The Morgan fingerprint density at radius 3 is 2.41 bits per heavy atom. The lowest BCUT2D eigenvalue weighted by Gasteiger charge is -2.06. The summed E-state index contributed by atoms with van der Waals surface area (Å²) in [6.07, 6.45) is 0. The van der Waals surface area contributed by atoms with Crippen molar-refractivity contribution in [3.05, 3.63) is 70.3 Å². The Balaban J connectivity index is 1.99. The molecule has 0 spiro atoms. The van der Waals surface area contributed by atoms with E-state index in [2.05, 4.69) is 0 Å². The van der Waals surface area contributed by atoms with E-state index in [1.54, 1.807) is 12.1 Å². The number of carboxylic acids is 1. The number of ether oxygens (including phenoxy) is 1. The molecular formula is C16H9FO5. The molecule has 0 saturated heterocycles. The van der Waals surface area contributed by atoms with Crippen molar-refractivity contribution in [1.82, 2.24) is 0 Å². The fraction of sp³-hybridized carbons (Fsp3) is 0. The minimum absolute atomic E-state index is 0.203. The van der Waals surface area contributed by atoms with Crippen LogP contribution in [0.4, 0.5) is 4.39 Å². The monoisotopic (exact) mass is 300 g/mol. The summed E-state index contributed by atoms with van der Waals surface area (Å²) in [5, 5.41) is 9.34. The van der Waals surface area contributed by atoms with Crippen LogP contribution in [0.2, 0.25) is 0 Å². The molecule has 0 unspecified atom stereocenters. The number of fused-ring (bicyclic) bond motifs is 1. The maximum absolute atomic E-state index is 12.8. The van der Waals surface area contributed by atoms with Gasteiger partial charge < -0.3 is 14.3 Å². The van der Waals surface area contributed by atoms with Gasteiger partial charge in [0.2, 0.25) is 0 Å². The highest BCUT2D eigenvalue weighted by Crippen LogP contribution is 2.25. The number of rotatable bonds is 3. The predicted octanol–water partition coefficient (Wildman–Crippen LogP) is 3.42. The van der Waals surface area contributed by atoms with E-state index in [9.17, 15) is 14.0 Å². The summed E-state index contributed by atoms with van der Waals surface area (Å²) in [7, 11) is 0. The largest absolute Gasteiger partial charge is 0.477 e. The lowest BCUT2D eigenvalue weighted by molar-refractivity contribution is 0.0692. The molecule has 1 aromatic heterocycles. The number of carboxylic acid groups (broad SMARTS) is 1. The van der Waals surface area contributed by atoms with E-state index in [0.717, 1.165) is 0 Å². The Bertz CT molecular complexity index is 912. The lowest BCUT2D eigenvalue weighted by Crippen LogP contribution is -2.12. The van der Waals surface area contributed by atoms with E-state index < -0.39 is 17.2 Å². The van der Waals surface area contributed by atoms with Crippen LogP contribution < -0.4 is 10.4 Å². The fourth-order valence-corrected chi connectivity index (χ4v) is 1.94. The fourth-order valence-electron chi connectivity index (χ4n) is 1.94. The number of halogens is 1. The first-order valence-electron chi connectivity index (χ1n) is 6.27. The van der Waals surface area contributed by atoms with Crippen LogP contribution in [0.3, 0.4) is 0 Å². The van der Waals surface area contributed by atoms with Gasteiger partial charge in [0.05, 0.1) is 0 Å². The van der Waals surface area contributed by atoms with Gasteiger partial charge in [0, 0.05) is 11.5 Å².